The quantitative estimate of drug-likeness (QED) is 0.733. The molecular weight excluding hydrogens is 348 g/mol. The standard InChI is InChI=1S/C20H15BrN2/c21-17-10-6-9-16(13-17)18-14-23-12-5-4-11-19(23)20(22-18)15-7-2-1-3-8-15/h1-13H,14H2. The fourth-order valence-electron chi connectivity index (χ4n) is 2.85. The Hall–Kier alpha value is -2.39. The van der Waals surface area contributed by atoms with Gasteiger partial charge in [0.25, 0.3) is 0 Å². The van der Waals surface area contributed by atoms with E-state index >= 15 is 0 Å². The van der Waals surface area contributed by atoms with Gasteiger partial charge in [0.1, 0.15) is 0 Å². The van der Waals surface area contributed by atoms with Crippen molar-refractivity contribution in [2.24, 2.45) is 4.99 Å². The fraction of sp³-hybridized carbons (Fsp3) is 0.0500. The maximum Gasteiger partial charge on any atom is 0.0943 e. The van der Waals surface area contributed by atoms with Crippen molar-refractivity contribution in [1.29, 1.82) is 0 Å². The van der Waals surface area contributed by atoms with E-state index in [0.29, 0.717) is 0 Å². The SMILES string of the molecule is Brc1cccc(C2=NC(c3ccccc3)=C3C=CC=CN3C2)c1. The average Bonchev–Trinajstić information content (AvgIpc) is 2.61. The molecule has 0 aromatic heterocycles. The molecule has 2 aliphatic rings. The molecule has 0 fully saturated rings. The molecule has 0 unspecified atom stereocenters. The molecule has 0 radical (unpaired) electrons. The Morgan fingerprint density at radius 2 is 1.74 bits per heavy atom. The summed E-state index contributed by atoms with van der Waals surface area (Å²) in [6.45, 7) is 0.781. The highest BCUT2D eigenvalue weighted by molar-refractivity contribution is 9.10. The first-order valence-electron chi connectivity index (χ1n) is 7.56. The van der Waals surface area contributed by atoms with Gasteiger partial charge >= 0.3 is 0 Å². The largest absolute Gasteiger partial charge is 0.340 e. The van der Waals surface area contributed by atoms with Gasteiger partial charge in [0, 0.05) is 16.2 Å². The normalized spacial score (nSPS) is 16.4. The summed E-state index contributed by atoms with van der Waals surface area (Å²) in [4.78, 5) is 7.25. The van der Waals surface area contributed by atoms with Crippen LogP contribution in [0.5, 0.6) is 0 Å². The smallest absolute Gasteiger partial charge is 0.0943 e. The molecule has 4 rings (SSSR count). The Morgan fingerprint density at radius 1 is 0.913 bits per heavy atom. The Labute approximate surface area is 144 Å². The van der Waals surface area contributed by atoms with E-state index < -0.39 is 0 Å². The highest BCUT2D eigenvalue weighted by Gasteiger charge is 2.22. The fourth-order valence-corrected chi connectivity index (χ4v) is 3.25. The number of aliphatic imine (C=N–C) groups is 1. The second-order valence-corrected chi connectivity index (χ2v) is 6.41. The summed E-state index contributed by atoms with van der Waals surface area (Å²) >= 11 is 3.55. The molecule has 2 nitrogen and oxygen atoms in total. The minimum Gasteiger partial charge on any atom is -0.340 e. The van der Waals surface area contributed by atoms with Gasteiger partial charge in [0.2, 0.25) is 0 Å². The Balaban J connectivity index is 1.87. The molecule has 0 aliphatic carbocycles. The van der Waals surface area contributed by atoms with Crippen molar-refractivity contribution in [3.63, 3.8) is 0 Å². The molecule has 2 aliphatic heterocycles. The summed E-state index contributed by atoms with van der Waals surface area (Å²) in [6, 6.07) is 18.7. The van der Waals surface area contributed by atoms with Crippen LogP contribution in [0.1, 0.15) is 11.1 Å². The average molecular weight is 363 g/mol. The van der Waals surface area contributed by atoms with Crippen LogP contribution in [0, 0.1) is 0 Å². The zero-order valence-corrected chi connectivity index (χ0v) is 14.1. The van der Waals surface area contributed by atoms with Crippen molar-refractivity contribution in [3.05, 3.63) is 100 Å². The number of fused-ring (bicyclic) bond motifs is 1. The summed E-state index contributed by atoms with van der Waals surface area (Å²) in [7, 11) is 0. The number of hydrogen-bond acceptors (Lipinski definition) is 2. The lowest BCUT2D eigenvalue weighted by molar-refractivity contribution is 0.539. The molecule has 0 N–H and O–H groups in total. The van der Waals surface area contributed by atoms with Gasteiger partial charge in [-0.05, 0) is 29.8 Å². The zero-order valence-electron chi connectivity index (χ0n) is 12.5. The van der Waals surface area contributed by atoms with Crippen LogP contribution in [-0.2, 0) is 0 Å². The third kappa shape index (κ3) is 2.80. The molecule has 0 atom stereocenters. The molecule has 2 heterocycles. The van der Waals surface area contributed by atoms with E-state index in [0.717, 1.165) is 39.3 Å². The van der Waals surface area contributed by atoms with Crippen molar-refractivity contribution in [1.82, 2.24) is 4.90 Å². The Morgan fingerprint density at radius 3 is 2.57 bits per heavy atom. The lowest BCUT2D eigenvalue weighted by Gasteiger charge is -2.30. The van der Waals surface area contributed by atoms with Gasteiger partial charge in [-0.1, -0.05) is 64.5 Å². The molecule has 2 aromatic carbocycles. The molecule has 0 saturated heterocycles. The minimum absolute atomic E-state index is 0.781. The topological polar surface area (TPSA) is 15.6 Å². The molecule has 0 saturated carbocycles. The number of rotatable bonds is 2. The van der Waals surface area contributed by atoms with E-state index in [1.54, 1.807) is 0 Å². The molecule has 0 spiro atoms. The van der Waals surface area contributed by atoms with Crippen molar-refractivity contribution < 1.29 is 0 Å². The van der Waals surface area contributed by atoms with Gasteiger partial charge in [0.05, 0.1) is 23.7 Å². The zero-order chi connectivity index (χ0) is 15.6. The predicted molar refractivity (Wildman–Crippen MR) is 99.0 cm³/mol. The third-order valence-corrected chi connectivity index (χ3v) is 4.45. The van der Waals surface area contributed by atoms with E-state index in [1.165, 1.54) is 0 Å². The Kier molecular flexibility index (Phi) is 3.72. The maximum atomic E-state index is 5.00. The van der Waals surface area contributed by atoms with Gasteiger partial charge in [-0.15, -0.1) is 0 Å². The second kappa shape index (κ2) is 6.01. The lowest BCUT2D eigenvalue weighted by Crippen LogP contribution is -2.29. The molecule has 3 heteroatoms. The predicted octanol–water partition coefficient (Wildman–Crippen LogP) is 5.01. The minimum atomic E-state index is 0.781. The maximum absolute atomic E-state index is 5.00. The Bertz CT molecular complexity index is 860. The van der Waals surface area contributed by atoms with E-state index in [2.05, 4.69) is 87.7 Å². The summed E-state index contributed by atoms with van der Waals surface area (Å²) < 4.78 is 1.07. The van der Waals surface area contributed by atoms with Crippen molar-refractivity contribution in [2.45, 2.75) is 0 Å². The van der Waals surface area contributed by atoms with E-state index in [9.17, 15) is 0 Å². The summed E-state index contributed by atoms with van der Waals surface area (Å²) in [5.74, 6) is 0. The van der Waals surface area contributed by atoms with Crippen LogP contribution >= 0.6 is 15.9 Å². The highest BCUT2D eigenvalue weighted by Crippen LogP contribution is 2.30. The van der Waals surface area contributed by atoms with E-state index in [1.807, 2.05) is 12.1 Å². The van der Waals surface area contributed by atoms with Crippen molar-refractivity contribution in [2.75, 3.05) is 6.54 Å². The van der Waals surface area contributed by atoms with E-state index in [4.69, 9.17) is 4.99 Å². The van der Waals surface area contributed by atoms with Crippen LogP contribution in [0.25, 0.3) is 5.70 Å². The monoisotopic (exact) mass is 362 g/mol. The van der Waals surface area contributed by atoms with Gasteiger partial charge < -0.3 is 4.90 Å². The second-order valence-electron chi connectivity index (χ2n) is 5.50. The van der Waals surface area contributed by atoms with Gasteiger partial charge in [0.15, 0.2) is 0 Å². The first kappa shape index (κ1) is 14.2. The lowest BCUT2D eigenvalue weighted by atomic mass is 10.0. The van der Waals surface area contributed by atoms with Gasteiger partial charge in [-0.3, -0.25) is 0 Å². The molecule has 23 heavy (non-hydrogen) atoms. The van der Waals surface area contributed by atoms with Crippen LogP contribution in [0.3, 0.4) is 0 Å². The van der Waals surface area contributed by atoms with Crippen LogP contribution in [0.4, 0.5) is 0 Å². The van der Waals surface area contributed by atoms with Crippen molar-refractivity contribution in [3.8, 4) is 0 Å². The third-order valence-electron chi connectivity index (χ3n) is 3.96. The molecule has 2 aromatic rings. The number of allylic oxidation sites excluding steroid dienone is 3. The van der Waals surface area contributed by atoms with E-state index in [-0.39, 0.29) is 0 Å². The summed E-state index contributed by atoms with van der Waals surface area (Å²) in [6.07, 6.45) is 8.37. The summed E-state index contributed by atoms with van der Waals surface area (Å²) in [5.41, 5.74) is 5.54. The molecular formula is C20H15BrN2. The van der Waals surface area contributed by atoms with Crippen LogP contribution < -0.4 is 0 Å². The number of halogens is 1. The number of benzene rings is 2. The van der Waals surface area contributed by atoms with Crippen molar-refractivity contribution >= 4 is 27.3 Å². The molecule has 112 valence electrons. The first-order chi connectivity index (χ1) is 11.3. The first-order valence-corrected chi connectivity index (χ1v) is 8.35. The van der Waals surface area contributed by atoms with Gasteiger partial charge in [-0.25, -0.2) is 4.99 Å². The number of nitrogens with zero attached hydrogens (tertiary/aromatic N) is 2. The van der Waals surface area contributed by atoms with Crippen LogP contribution in [0.2, 0.25) is 0 Å². The molecule has 0 bridgehead atoms. The van der Waals surface area contributed by atoms with Crippen LogP contribution in [-0.4, -0.2) is 17.2 Å². The summed E-state index contributed by atoms with van der Waals surface area (Å²) in [5, 5.41) is 0. The highest BCUT2D eigenvalue weighted by atomic mass is 79.9. The number of hydrogen-bond donors (Lipinski definition) is 0. The van der Waals surface area contributed by atoms with Gasteiger partial charge in [-0.2, -0.15) is 0 Å². The van der Waals surface area contributed by atoms with Crippen LogP contribution in [0.15, 0.2) is 94.2 Å². The molecule has 0 amide bonds.